The molecule has 0 saturated heterocycles. The topological polar surface area (TPSA) is 78.6 Å². The Morgan fingerprint density at radius 3 is 2.32 bits per heavy atom. The number of benzene rings is 2. The maximum atomic E-state index is 13.2. The lowest BCUT2D eigenvalue weighted by molar-refractivity contribution is 0.103. The summed E-state index contributed by atoms with van der Waals surface area (Å²) < 4.78 is 0. The minimum atomic E-state index is -0.224. The molecule has 28 heavy (non-hydrogen) atoms. The van der Waals surface area contributed by atoms with E-state index in [4.69, 9.17) is 0 Å². The molecule has 0 saturated carbocycles. The van der Waals surface area contributed by atoms with Crippen LogP contribution < -0.4 is 5.56 Å². The van der Waals surface area contributed by atoms with E-state index in [2.05, 4.69) is 21.9 Å². The molecular formula is C23H21N3O2. The van der Waals surface area contributed by atoms with Gasteiger partial charge in [0.15, 0.2) is 0 Å². The molecule has 0 atom stereocenters. The van der Waals surface area contributed by atoms with Crippen molar-refractivity contribution in [3.8, 4) is 11.1 Å². The fourth-order valence-electron chi connectivity index (χ4n) is 3.41. The number of carbonyl (C=O) groups is 1. The second-order valence-corrected chi connectivity index (χ2v) is 6.78. The maximum absolute atomic E-state index is 13.2. The quantitative estimate of drug-likeness (QED) is 0.490. The first-order valence-electron chi connectivity index (χ1n) is 9.49. The Kier molecular flexibility index (Phi) is 4.89. The van der Waals surface area contributed by atoms with Crippen LogP contribution in [0, 0.1) is 0 Å². The van der Waals surface area contributed by atoms with Gasteiger partial charge in [0.1, 0.15) is 11.5 Å². The van der Waals surface area contributed by atoms with Gasteiger partial charge in [-0.25, -0.2) is 4.98 Å². The van der Waals surface area contributed by atoms with Crippen molar-refractivity contribution < 1.29 is 4.79 Å². The van der Waals surface area contributed by atoms with Gasteiger partial charge in [0.25, 0.3) is 5.56 Å². The normalized spacial score (nSPS) is 11.0. The summed E-state index contributed by atoms with van der Waals surface area (Å²) in [6.07, 6.45) is 2.65. The summed E-state index contributed by atoms with van der Waals surface area (Å²) >= 11 is 0. The Hall–Kier alpha value is -3.47. The van der Waals surface area contributed by atoms with Crippen molar-refractivity contribution in [3.63, 3.8) is 0 Å². The van der Waals surface area contributed by atoms with Crippen molar-refractivity contribution in [2.75, 3.05) is 0 Å². The summed E-state index contributed by atoms with van der Waals surface area (Å²) in [6.45, 7) is 2.09. The summed E-state index contributed by atoms with van der Waals surface area (Å²) in [6, 6.07) is 18.5. The lowest BCUT2D eigenvalue weighted by Gasteiger charge is -2.05. The van der Waals surface area contributed by atoms with E-state index in [1.54, 1.807) is 12.1 Å². The summed E-state index contributed by atoms with van der Waals surface area (Å²) in [5, 5.41) is 0.422. The number of nitrogens with one attached hydrogen (secondary N) is 2. The monoisotopic (exact) mass is 371 g/mol. The molecular weight excluding hydrogens is 350 g/mol. The zero-order valence-corrected chi connectivity index (χ0v) is 15.7. The van der Waals surface area contributed by atoms with Crippen LogP contribution in [0.15, 0.2) is 65.5 Å². The first-order valence-corrected chi connectivity index (χ1v) is 9.49. The SMILES string of the molecule is CCCCc1nc2[nH]c(C(=O)c3ccccc3)c(-c3ccccc3)c2c(=O)[nH]1. The number of aromatic amines is 2. The van der Waals surface area contributed by atoms with Crippen LogP contribution in [0.3, 0.4) is 0 Å². The number of H-pyrrole nitrogens is 2. The molecule has 140 valence electrons. The molecule has 5 heteroatoms. The highest BCUT2D eigenvalue weighted by molar-refractivity contribution is 6.16. The molecule has 2 aromatic heterocycles. The minimum absolute atomic E-state index is 0.160. The molecule has 0 unspecified atom stereocenters. The number of unbranched alkanes of at least 4 members (excludes halogenated alkanes) is 1. The fraction of sp³-hybridized carbons (Fsp3) is 0.174. The maximum Gasteiger partial charge on any atom is 0.261 e. The molecule has 0 radical (unpaired) electrons. The molecule has 4 aromatic rings. The highest BCUT2D eigenvalue weighted by Crippen LogP contribution is 2.31. The smallest absolute Gasteiger partial charge is 0.261 e. The third-order valence-corrected chi connectivity index (χ3v) is 4.80. The van der Waals surface area contributed by atoms with Crippen molar-refractivity contribution in [1.82, 2.24) is 15.0 Å². The number of hydrogen-bond donors (Lipinski definition) is 2. The lowest BCUT2D eigenvalue weighted by Crippen LogP contribution is -2.12. The summed E-state index contributed by atoms with van der Waals surface area (Å²) in [5.41, 5.74) is 2.58. The van der Waals surface area contributed by atoms with Crippen LogP contribution in [0.25, 0.3) is 22.2 Å². The van der Waals surface area contributed by atoms with E-state index in [-0.39, 0.29) is 11.3 Å². The summed E-state index contributed by atoms with van der Waals surface area (Å²) in [7, 11) is 0. The Balaban J connectivity index is 1.96. The lowest BCUT2D eigenvalue weighted by atomic mass is 9.98. The van der Waals surface area contributed by atoms with Gasteiger partial charge >= 0.3 is 0 Å². The van der Waals surface area contributed by atoms with Gasteiger partial charge in [0.05, 0.1) is 11.1 Å². The number of nitrogens with zero attached hydrogens (tertiary/aromatic N) is 1. The largest absolute Gasteiger partial charge is 0.336 e. The van der Waals surface area contributed by atoms with Crippen LogP contribution >= 0.6 is 0 Å². The third kappa shape index (κ3) is 3.27. The number of ketones is 1. The van der Waals surface area contributed by atoms with Gasteiger partial charge in [-0.05, 0) is 12.0 Å². The molecule has 0 aliphatic heterocycles. The van der Waals surface area contributed by atoms with Crippen molar-refractivity contribution in [1.29, 1.82) is 0 Å². The predicted molar refractivity (Wildman–Crippen MR) is 111 cm³/mol. The number of aryl methyl sites for hydroxylation is 1. The van der Waals surface area contributed by atoms with Gasteiger partial charge in [0, 0.05) is 17.5 Å². The highest BCUT2D eigenvalue weighted by Gasteiger charge is 2.23. The van der Waals surface area contributed by atoms with Crippen LogP contribution in [0.5, 0.6) is 0 Å². The summed E-state index contributed by atoms with van der Waals surface area (Å²) in [5.74, 6) is 0.478. The minimum Gasteiger partial charge on any atom is -0.336 e. The number of aromatic nitrogens is 3. The van der Waals surface area contributed by atoms with Gasteiger partial charge in [-0.3, -0.25) is 9.59 Å². The highest BCUT2D eigenvalue weighted by atomic mass is 16.1. The first-order chi connectivity index (χ1) is 13.7. The molecule has 0 spiro atoms. The standard InChI is InChI=1S/C23H21N3O2/c1-2-3-14-17-24-22-19(23(28)25-17)18(15-10-6-4-7-11-15)20(26-22)21(27)16-12-8-5-9-13-16/h4-13H,2-3,14H2,1H3,(H2,24,25,26,28). The van der Waals surface area contributed by atoms with E-state index in [9.17, 15) is 9.59 Å². The van der Waals surface area contributed by atoms with Crippen LogP contribution in [-0.2, 0) is 6.42 Å². The Morgan fingerprint density at radius 2 is 1.64 bits per heavy atom. The number of hydrogen-bond acceptors (Lipinski definition) is 3. The van der Waals surface area contributed by atoms with Gasteiger partial charge in [-0.15, -0.1) is 0 Å². The molecule has 2 heterocycles. The number of fused-ring (bicyclic) bond motifs is 1. The molecule has 5 nitrogen and oxygen atoms in total. The van der Waals surface area contributed by atoms with E-state index in [1.165, 1.54) is 0 Å². The Morgan fingerprint density at radius 1 is 0.964 bits per heavy atom. The van der Waals surface area contributed by atoms with Gasteiger partial charge in [-0.2, -0.15) is 0 Å². The zero-order valence-electron chi connectivity index (χ0n) is 15.7. The molecule has 2 aromatic carbocycles. The van der Waals surface area contributed by atoms with Gasteiger partial charge in [-0.1, -0.05) is 74.0 Å². The molecule has 2 N–H and O–H groups in total. The van der Waals surface area contributed by atoms with Gasteiger partial charge in [0.2, 0.25) is 5.78 Å². The van der Waals surface area contributed by atoms with Crippen molar-refractivity contribution in [3.05, 3.63) is 88.1 Å². The Labute approximate surface area is 162 Å². The second kappa shape index (κ2) is 7.64. The first kappa shape index (κ1) is 17.9. The van der Waals surface area contributed by atoms with E-state index in [0.29, 0.717) is 40.1 Å². The zero-order chi connectivity index (χ0) is 19.5. The van der Waals surface area contributed by atoms with Crippen LogP contribution in [0.1, 0.15) is 41.6 Å². The van der Waals surface area contributed by atoms with E-state index < -0.39 is 0 Å². The van der Waals surface area contributed by atoms with E-state index in [0.717, 1.165) is 18.4 Å². The molecule has 4 rings (SSSR count). The van der Waals surface area contributed by atoms with E-state index >= 15 is 0 Å². The third-order valence-electron chi connectivity index (χ3n) is 4.80. The average Bonchev–Trinajstić information content (AvgIpc) is 3.13. The van der Waals surface area contributed by atoms with Crippen molar-refractivity contribution in [2.45, 2.75) is 26.2 Å². The van der Waals surface area contributed by atoms with Crippen molar-refractivity contribution in [2.24, 2.45) is 0 Å². The van der Waals surface area contributed by atoms with E-state index in [1.807, 2.05) is 48.5 Å². The molecule has 0 fully saturated rings. The predicted octanol–water partition coefficient (Wildman–Crippen LogP) is 4.49. The van der Waals surface area contributed by atoms with Crippen LogP contribution in [-0.4, -0.2) is 20.7 Å². The van der Waals surface area contributed by atoms with Crippen LogP contribution in [0.2, 0.25) is 0 Å². The van der Waals surface area contributed by atoms with Crippen LogP contribution in [0.4, 0.5) is 0 Å². The average molecular weight is 371 g/mol. The van der Waals surface area contributed by atoms with Crippen molar-refractivity contribution >= 4 is 16.8 Å². The second-order valence-electron chi connectivity index (χ2n) is 6.78. The summed E-state index contributed by atoms with van der Waals surface area (Å²) in [4.78, 5) is 36.7. The molecule has 0 aliphatic rings. The van der Waals surface area contributed by atoms with Gasteiger partial charge < -0.3 is 9.97 Å². The molecule has 0 amide bonds. The molecule has 0 aliphatic carbocycles. The number of rotatable bonds is 6. The molecule has 0 bridgehead atoms. The number of carbonyl (C=O) groups excluding carboxylic acids is 1. The Bertz CT molecular complexity index is 1180. The fourth-order valence-corrected chi connectivity index (χ4v) is 3.41.